The summed E-state index contributed by atoms with van der Waals surface area (Å²) in [6.07, 6.45) is -4.40. The zero-order chi connectivity index (χ0) is 14.8. The van der Waals surface area contributed by atoms with Crippen LogP contribution in [0.25, 0.3) is 0 Å². The number of aryl methyl sites for hydroxylation is 1. The van der Waals surface area contributed by atoms with Crippen LogP contribution < -0.4 is 5.32 Å². The summed E-state index contributed by atoms with van der Waals surface area (Å²) in [5.41, 5.74) is 0.995. The third-order valence-electron chi connectivity index (χ3n) is 2.75. The Morgan fingerprint density at radius 3 is 2.25 bits per heavy atom. The fourth-order valence-corrected chi connectivity index (χ4v) is 1.74. The van der Waals surface area contributed by atoms with Crippen molar-refractivity contribution in [2.75, 3.05) is 5.32 Å². The van der Waals surface area contributed by atoms with Gasteiger partial charge < -0.3 is 5.32 Å². The van der Waals surface area contributed by atoms with Gasteiger partial charge in [0.2, 0.25) is 0 Å². The van der Waals surface area contributed by atoms with Crippen molar-refractivity contribution in [3.63, 3.8) is 0 Å². The van der Waals surface area contributed by atoms with Crippen molar-refractivity contribution in [2.45, 2.75) is 13.1 Å². The van der Waals surface area contributed by atoms with Gasteiger partial charge in [-0.15, -0.1) is 0 Å². The topological polar surface area (TPSA) is 29.1 Å². The first-order chi connectivity index (χ1) is 9.36. The summed E-state index contributed by atoms with van der Waals surface area (Å²) in [6, 6.07) is 11.3. The number of benzene rings is 2. The van der Waals surface area contributed by atoms with Crippen molar-refractivity contribution in [3.8, 4) is 0 Å². The summed E-state index contributed by atoms with van der Waals surface area (Å²) in [4.78, 5) is 11.9. The van der Waals surface area contributed by atoms with E-state index in [1.165, 1.54) is 0 Å². The van der Waals surface area contributed by atoms with Crippen molar-refractivity contribution < 1.29 is 18.0 Å². The smallest absolute Gasteiger partial charge is 0.322 e. The van der Waals surface area contributed by atoms with E-state index in [2.05, 4.69) is 5.32 Å². The van der Waals surface area contributed by atoms with Gasteiger partial charge in [-0.2, -0.15) is 13.2 Å². The second-order valence-electron chi connectivity index (χ2n) is 4.40. The van der Waals surface area contributed by atoms with Gasteiger partial charge in [-0.1, -0.05) is 12.1 Å². The lowest BCUT2D eigenvalue weighted by atomic mass is 10.1. The number of halogens is 3. The van der Waals surface area contributed by atoms with Crippen molar-refractivity contribution >= 4 is 11.6 Å². The second-order valence-corrected chi connectivity index (χ2v) is 4.40. The summed E-state index contributed by atoms with van der Waals surface area (Å²) in [7, 11) is 0. The normalized spacial score (nSPS) is 11.2. The summed E-state index contributed by atoms with van der Waals surface area (Å²) < 4.78 is 37.2. The van der Waals surface area contributed by atoms with Crippen molar-refractivity contribution in [1.29, 1.82) is 0 Å². The Morgan fingerprint density at radius 1 is 1.05 bits per heavy atom. The fraction of sp³-hybridized carbons (Fsp3) is 0.133. The van der Waals surface area contributed by atoms with E-state index in [1.807, 2.05) is 13.0 Å². The van der Waals surface area contributed by atoms with E-state index in [0.29, 0.717) is 5.69 Å². The molecule has 1 N–H and O–H groups in total. The third-order valence-corrected chi connectivity index (χ3v) is 2.75. The molecule has 0 fully saturated rings. The van der Waals surface area contributed by atoms with Crippen LogP contribution >= 0.6 is 0 Å². The minimum atomic E-state index is -4.40. The Morgan fingerprint density at radius 2 is 1.70 bits per heavy atom. The highest BCUT2D eigenvalue weighted by Crippen LogP contribution is 2.29. The SMILES string of the molecule is Cc1cccc(NC(=O)c2ccc(C(F)(F)F)cc2)c1. The molecule has 20 heavy (non-hydrogen) atoms. The molecule has 5 heteroatoms. The van der Waals surface area contributed by atoms with E-state index in [-0.39, 0.29) is 5.56 Å². The maximum absolute atomic E-state index is 12.4. The van der Waals surface area contributed by atoms with E-state index < -0.39 is 17.6 Å². The van der Waals surface area contributed by atoms with Crippen LogP contribution in [-0.2, 0) is 6.18 Å². The zero-order valence-corrected chi connectivity index (χ0v) is 10.7. The van der Waals surface area contributed by atoms with E-state index in [1.54, 1.807) is 18.2 Å². The van der Waals surface area contributed by atoms with Crippen LogP contribution in [0.15, 0.2) is 48.5 Å². The average molecular weight is 279 g/mol. The van der Waals surface area contributed by atoms with Gasteiger partial charge in [-0.3, -0.25) is 4.79 Å². The largest absolute Gasteiger partial charge is 0.416 e. The first-order valence-corrected chi connectivity index (χ1v) is 5.91. The van der Waals surface area contributed by atoms with E-state index in [9.17, 15) is 18.0 Å². The highest BCUT2D eigenvalue weighted by Gasteiger charge is 2.30. The van der Waals surface area contributed by atoms with Crippen LogP contribution in [0.1, 0.15) is 21.5 Å². The predicted molar refractivity (Wildman–Crippen MR) is 70.6 cm³/mol. The number of carbonyl (C=O) groups excluding carboxylic acids is 1. The van der Waals surface area contributed by atoms with Gasteiger partial charge in [0, 0.05) is 11.3 Å². The molecular weight excluding hydrogens is 267 g/mol. The predicted octanol–water partition coefficient (Wildman–Crippen LogP) is 4.27. The van der Waals surface area contributed by atoms with Crippen LogP contribution in [0, 0.1) is 6.92 Å². The highest BCUT2D eigenvalue weighted by atomic mass is 19.4. The molecule has 2 aromatic rings. The molecule has 0 radical (unpaired) electrons. The Balaban J connectivity index is 2.14. The van der Waals surface area contributed by atoms with Crippen LogP contribution in [-0.4, -0.2) is 5.91 Å². The van der Waals surface area contributed by atoms with Crippen LogP contribution in [0.4, 0.5) is 18.9 Å². The third kappa shape index (κ3) is 3.38. The quantitative estimate of drug-likeness (QED) is 0.874. The maximum Gasteiger partial charge on any atom is 0.416 e. The molecule has 0 heterocycles. The van der Waals surface area contributed by atoms with Crippen LogP contribution in [0.2, 0.25) is 0 Å². The molecule has 0 unspecified atom stereocenters. The fourth-order valence-electron chi connectivity index (χ4n) is 1.74. The van der Waals surface area contributed by atoms with Gasteiger partial charge in [-0.25, -0.2) is 0 Å². The molecule has 0 bridgehead atoms. The number of rotatable bonds is 2. The number of hydrogen-bond donors (Lipinski definition) is 1. The Kier molecular flexibility index (Phi) is 3.79. The maximum atomic E-state index is 12.4. The van der Waals surface area contributed by atoms with E-state index >= 15 is 0 Å². The Labute approximate surface area is 114 Å². The average Bonchev–Trinajstić information content (AvgIpc) is 2.38. The summed E-state index contributed by atoms with van der Waals surface area (Å²) in [5.74, 6) is -0.440. The van der Waals surface area contributed by atoms with E-state index in [4.69, 9.17) is 0 Å². The number of carbonyl (C=O) groups is 1. The van der Waals surface area contributed by atoms with Crippen molar-refractivity contribution in [1.82, 2.24) is 0 Å². The van der Waals surface area contributed by atoms with Gasteiger partial charge in [-0.05, 0) is 48.9 Å². The summed E-state index contributed by atoms with van der Waals surface area (Å²) in [5, 5.41) is 2.64. The molecule has 2 nitrogen and oxygen atoms in total. The molecule has 2 rings (SSSR count). The van der Waals surface area contributed by atoms with Gasteiger partial charge in [0.25, 0.3) is 5.91 Å². The van der Waals surface area contributed by atoms with Crippen LogP contribution in [0.3, 0.4) is 0 Å². The number of amides is 1. The monoisotopic (exact) mass is 279 g/mol. The molecular formula is C15H12F3NO. The van der Waals surface area contributed by atoms with Crippen molar-refractivity contribution in [3.05, 3.63) is 65.2 Å². The molecule has 0 saturated heterocycles. The zero-order valence-electron chi connectivity index (χ0n) is 10.7. The molecule has 0 atom stereocenters. The van der Waals surface area contributed by atoms with Gasteiger partial charge in [0.1, 0.15) is 0 Å². The molecule has 0 aliphatic heterocycles. The number of alkyl halides is 3. The lowest BCUT2D eigenvalue weighted by Crippen LogP contribution is -2.12. The molecule has 2 aromatic carbocycles. The molecule has 0 aliphatic rings. The summed E-state index contributed by atoms with van der Waals surface area (Å²) in [6.45, 7) is 1.88. The standard InChI is InChI=1S/C15H12F3NO/c1-10-3-2-4-13(9-10)19-14(20)11-5-7-12(8-6-11)15(16,17)18/h2-9H,1H3,(H,19,20). The highest BCUT2D eigenvalue weighted by molar-refractivity contribution is 6.04. The first kappa shape index (κ1) is 14.1. The first-order valence-electron chi connectivity index (χ1n) is 5.91. The summed E-state index contributed by atoms with van der Waals surface area (Å²) >= 11 is 0. The molecule has 1 amide bonds. The van der Waals surface area contributed by atoms with Gasteiger partial charge in [0.05, 0.1) is 5.56 Å². The Hall–Kier alpha value is -2.30. The molecule has 0 spiro atoms. The number of nitrogens with one attached hydrogen (secondary N) is 1. The second kappa shape index (κ2) is 5.36. The van der Waals surface area contributed by atoms with Gasteiger partial charge in [0.15, 0.2) is 0 Å². The Bertz CT molecular complexity index is 618. The minimum absolute atomic E-state index is 0.180. The van der Waals surface area contributed by atoms with E-state index in [0.717, 1.165) is 29.8 Å². The lowest BCUT2D eigenvalue weighted by Gasteiger charge is -2.08. The molecule has 104 valence electrons. The minimum Gasteiger partial charge on any atom is -0.322 e. The van der Waals surface area contributed by atoms with Crippen LogP contribution in [0.5, 0.6) is 0 Å². The molecule has 0 aromatic heterocycles. The molecule has 0 saturated carbocycles. The number of anilines is 1. The lowest BCUT2D eigenvalue weighted by molar-refractivity contribution is -0.137. The van der Waals surface area contributed by atoms with Gasteiger partial charge >= 0.3 is 6.18 Å². The molecule has 0 aliphatic carbocycles. The number of hydrogen-bond acceptors (Lipinski definition) is 1. The van der Waals surface area contributed by atoms with Crippen molar-refractivity contribution in [2.24, 2.45) is 0 Å².